The minimum Gasteiger partial charge on any atom is -0.481 e. The molecule has 92 valence electrons. The van der Waals surface area contributed by atoms with Gasteiger partial charge in [0.05, 0.1) is 11.0 Å². The minimum atomic E-state index is -1.40. The first-order valence-corrected chi connectivity index (χ1v) is 5.56. The van der Waals surface area contributed by atoms with Crippen molar-refractivity contribution in [2.75, 3.05) is 0 Å². The molecule has 0 amide bonds. The van der Waals surface area contributed by atoms with Crippen molar-refractivity contribution in [3.8, 4) is 0 Å². The Labute approximate surface area is 109 Å². The van der Waals surface area contributed by atoms with Gasteiger partial charge in [0.2, 0.25) is 0 Å². The zero-order chi connectivity index (χ0) is 12.9. The summed E-state index contributed by atoms with van der Waals surface area (Å²) < 4.78 is -1.40. The molecule has 0 aliphatic carbocycles. The monoisotopic (exact) mass is 298 g/mol. The van der Waals surface area contributed by atoms with E-state index in [1.165, 1.54) is 0 Å². The van der Waals surface area contributed by atoms with Crippen molar-refractivity contribution >= 4 is 52.4 Å². The van der Waals surface area contributed by atoms with Crippen LogP contribution >= 0.6 is 46.4 Å². The lowest BCUT2D eigenvalue weighted by Gasteiger charge is -2.26. The summed E-state index contributed by atoms with van der Waals surface area (Å²) in [5.74, 6) is -0.833. The zero-order valence-electron chi connectivity index (χ0n) is 8.60. The highest BCUT2D eigenvalue weighted by molar-refractivity contribution is 6.67. The van der Waals surface area contributed by atoms with Crippen LogP contribution in [0.2, 0.25) is 0 Å². The lowest BCUT2D eigenvalue weighted by molar-refractivity contribution is -0.134. The Morgan fingerprint density at radius 1 is 1.33 bits per heavy atom. The molecule has 15 heavy (non-hydrogen) atoms. The third-order valence-corrected chi connectivity index (χ3v) is 2.33. The number of alkyl halides is 4. The van der Waals surface area contributed by atoms with Gasteiger partial charge in [0.1, 0.15) is 0 Å². The summed E-state index contributed by atoms with van der Waals surface area (Å²) in [5, 5.41) is 16.2. The van der Waals surface area contributed by atoms with Gasteiger partial charge in [-0.15, -0.1) is 11.6 Å². The van der Waals surface area contributed by atoms with Crippen LogP contribution in [0, 0.1) is 0 Å². The van der Waals surface area contributed by atoms with Crippen LogP contribution in [0.5, 0.6) is 0 Å². The molecule has 0 aromatic rings. The Balaban J connectivity index is 0. The number of hydrogen-bond acceptors (Lipinski definition) is 2. The van der Waals surface area contributed by atoms with E-state index in [1.807, 2.05) is 0 Å². The number of carboxylic acids is 1. The predicted octanol–water partition coefficient (Wildman–Crippen LogP) is 3.22. The van der Waals surface area contributed by atoms with Crippen LogP contribution in [-0.4, -0.2) is 31.0 Å². The maximum absolute atomic E-state index is 9.34. The Morgan fingerprint density at radius 2 is 1.60 bits per heavy atom. The Hall–Kier alpha value is 0.590. The fraction of sp³-hybridized carbons (Fsp3) is 0.875. The van der Waals surface area contributed by atoms with Gasteiger partial charge in [-0.2, -0.15) is 0 Å². The summed E-state index contributed by atoms with van der Waals surface area (Å²) in [5.41, 5.74) is -1.02. The topological polar surface area (TPSA) is 57.5 Å². The third kappa shape index (κ3) is 17.2. The summed E-state index contributed by atoms with van der Waals surface area (Å²) in [6.07, 6.45) is 0.128. The molecule has 0 aliphatic rings. The third-order valence-electron chi connectivity index (χ3n) is 1.18. The Morgan fingerprint density at radius 3 is 1.67 bits per heavy atom. The molecule has 1 unspecified atom stereocenters. The van der Waals surface area contributed by atoms with Gasteiger partial charge in [0.25, 0.3) is 5.97 Å². The molecule has 0 bridgehead atoms. The van der Waals surface area contributed by atoms with E-state index >= 15 is 0 Å². The summed E-state index contributed by atoms with van der Waals surface area (Å²) in [6, 6.07) is 0. The molecular weight excluding hydrogens is 286 g/mol. The van der Waals surface area contributed by atoms with Crippen LogP contribution in [0.3, 0.4) is 0 Å². The predicted molar refractivity (Wildman–Crippen MR) is 64.2 cm³/mol. The van der Waals surface area contributed by atoms with E-state index in [1.54, 1.807) is 13.8 Å². The second-order valence-corrected chi connectivity index (χ2v) is 6.50. The summed E-state index contributed by atoms with van der Waals surface area (Å²) in [7, 11) is 0. The Bertz CT molecular complexity index is 191. The number of hydrogen-bond donors (Lipinski definition) is 2. The Kier molecular flexibility index (Phi) is 8.41. The fourth-order valence-electron chi connectivity index (χ4n) is 0.453. The molecule has 0 aromatic carbocycles. The van der Waals surface area contributed by atoms with E-state index in [9.17, 15) is 5.11 Å². The van der Waals surface area contributed by atoms with Gasteiger partial charge in [-0.25, -0.2) is 0 Å². The first-order valence-electron chi connectivity index (χ1n) is 3.99. The molecule has 3 nitrogen and oxygen atoms in total. The SMILES string of the molecule is CC(=O)O.CC(C)(O)C(Cl)CC(Cl)(Cl)Cl. The second kappa shape index (κ2) is 7.02. The van der Waals surface area contributed by atoms with Crippen molar-refractivity contribution in [1.29, 1.82) is 0 Å². The number of carboxylic acid groups (broad SMARTS) is 1. The van der Waals surface area contributed by atoms with Crippen LogP contribution < -0.4 is 0 Å². The van der Waals surface area contributed by atoms with Crippen LogP contribution in [0.1, 0.15) is 27.2 Å². The number of halogens is 4. The second-order valence-electron chi connectivity index (χ2n) is 3.46. The number of rotatable bonds is 2. The van der Waals surface area contributed by atoms with E-state index in [0.29, 0.717) is 0 Å². The highest BCUT2D eigenvalue weighted by atomic mass is 35.6. The molecule has 0 heterocycles. The molecular formula is C8H14Cl4O3. The van der Waals surface area contributed by atoms with Gasteiger partial charge in [0.15, 0.2) is 3.79 Å². The lowest BCUT2D eigenvalue weighted by atomic mass is 10.0. The van der Waals surface area contributed by atoms with Crippen molar-refractivity contribution in [2.24, 2.45) is 0 Å². The van der Waals surface area contributed by atoms with Gasteiger partial charge in [-0.3, -0.25) is 4.79 Å². The maximum atomic E-state index is 9.34. The zero-order valence-corrected chi connectivity index (χ0v) is 11.6. The van der Waals surface area contributed by atoms with Crippen LogP contribution in [0.15, 0.2) is 0 Å². The van der Waals surface area contributed by atoms with E-state index < -0.39 is 20.7 Å². The van der Waals surface area contributed by atoms with Crippen LogP contribution in [0.25, 0.3) is 0 Å². The highest BCUT2D eigenvalue weighted by Crippen LogP contribution is 2.35. The molecule has 2 N–H and O–H groups in total. The van der Waals surface area contributed by atoms with Crippen molar-refractivity contribution in [3.63, 3.8) is 0 Å². The van der Waals surface area contributed by atoms with Gasteiger partial charge in [-0.05, 0) is 13.8 Å². The van der Waals surface area contributed by atoms with Gasteiger partial charge < -0.3 is 10.2 Å². The van der Waals surface area contributed by atoms with Crippen LogP contribution in [0.4, 0.5) is 0 Å². The summed E-state index contributed by atoms with van der Waals surface area (Å²) in [6.45, 7) is 4.22. The quantitative estimate of drug-likeness (QED) is 0.770. The first-order chi connectivity index (χ1) is 6.36. The standard InChI is InChI=1S/C6H10Cl4O.C2H4O2/c1-5(2,11)4(7)3-6(8,9)10;1-2(3)4/h4,11H,3H2,1-2H3;1H3,(H,3,4). The van der Waals surface area contributed by atoms with Crippen molar-refractivity contribution in [1.82, 2.24) is 0 Å². The largest absolute Gasteiger partial charge is 0.481 e. The summed E-state index contributed by atoms with van der Waals surface area (Å²) >= 11 is 22.1. The first kappa shape index (κ1) is 18.0. The average molecular weight is 300 g/mol. The molecule has 0 saturated carbocycles. The molecule has 0 saturated heterocycles. The smallest absolute Gasteiger partial charge is 0.300 e. The minimum absolute atomic E-state index is 0.128. The highest BCUT2D eigenvalue weighted by Gasteiger charge is 2.32. The number of aliphatic hydroxyl groups is 1. The van der Waals surface area contributed by atoms with Gasteiger partial charge in [-0.1, -0.05) is 34.8 Å². The lowest BCUT2D eigenvalue weighted by Crippen LogP contribution is -2.34. The molecule has 0 aliphatic heterocycles. The molecule has 0 radical (unpaired) electrons. The van der Waals surface area contributed by atoms with E-state index in [0.717, 1.165) is 6.92 Å². The van der Waals surface area contributed by atoms with Crippen molar-refractivity contribution in [3.05, 3.63) is 0 Å². The van der Waals surface area contributed by atoms with Crippen LogP contribution in [-0.2, 0) is 4.79 Å². The molecule has 0 fully saturated rings. The van der Waals surface area contributed by atoms with E-state index in [2.05, 4.69) is 0 Å². The maximum Gasteiger partial charge on any atom is 0.300 e. The number of aliphatic carboxylic acids is 1. The number of carbonyl (C=O) groups is 1. The molecule has 1 atom stereocenters. The van der Waals surface area contributed by atoms with E-state index in [-0.39, 0.29) is 6.42 Å². The van der Waals surface area contributed by atoms with Gasteiger partial charge in [0, 0.05) is 13.3 Å². The molecule has 7 heteroatoms. The molecule has 0 spiro atoms. The fourth-order valence-corrected chi connectivity index (χ4v) is 1.38. The molecule has 0 aromatic heterocycles. The summed E-state index contributed by atoms with van der Waals surface area (Å²) in [4.78, 5) is 9.00. The normalized spacial score (nSPS) is 13.9. The average Bonchev–Trinajstić information content (AvgIpc) is 1.78. The van der Waals surface area contributed by atoms with Crippen molar-refractivity contribution in [2.45, 2.75) is 42.0 Å². The molecule has 0 rings (SSSR count). The van der Waals surface area contributed by atoms with E-state index in [4.69, 9.17) is 56.3 Å². The van der Waals surface area contributed by atoms with Gasteiger partial charge >= 0.3 is 0 Å². The van der Waals surface area contributed by atoms with Crippen molar-refractivity contribution < 1.29 is 15.0 Å².